The molecule has 1 aliphatic heterocycles. The summed E-state index contributed by atoms with van der Waals surface area (Å²) >= 11 is 6.16. The second-order valence-electron chi connectivity index (χ2n) is 8.66. The average molecular weight is 513 g/mol. The first-order valence-electron chi connectivity index (χ1n) is 11.7. The smallest absolute Gasteiger partial charge is 0.264 e. The van der Waals surface area contributed by atoms with E-state index in [0.717, 1.165) is 28.5 Å². The quantitative estimate of drug-likeness (QED) is 0.418. The molecule has 184 valence electrons. The van der Waals surface area contributed by atoms with Gasteiger partial charge in [-0.1, -0.05) is 67.9 Å². The molecule has 1 aliphatic rings. The maximum Gasteiger partial charge on any atom is 0.264 e. The van der Waals surface area contributed by atoms with Crippen LogP contribution in [0, 0.1) is 0 Å². The Morgan fingerprint density at radius 3 is 2.40 bits per heavy atom. The summed E-state index contributed by atoms with van der Waals surface area (Å²) in [7, 11) is -4.01. The Morgan fingerprint density at radius 1 is 1.03 bits per heavy atom. The van der Waals surface area contributed by atoms with Gasteiger partial charge >= 0.3 is 0 Å². The number of rotatable bonds is 8. The third-order valence-electron chi connectivity index (χ3n) is 6.54. The maximum atomic E-state index is 13.5. The van der Waals surface area contributed by atoms with Crippen molar-refractivity contribution in [2.24, 2.45) is 0 Å². The molecule has 1 atom stereocenters. The molecule has 6 nitrogen and oxygen atoms in total. The maximum absolute atomic E-state index is 13.5. The van der Waals surface area contributed by atoms with Crippen molar-refractivity contribution in [2.45, 2.75) is 49.6 Å². The predicted molar refractivity (Wildman–Crippen MR) is 138 cm³/mol. The van der Waals surface area contributed by atoms with Crippen molar-refractivity contribution < 1.29 is 17.9 Å². The minimum atomic E-state index is -4.01. The highest BCUT2D eigenvalue weighted by Crippen LogP contribution is 2.42. The van der Waals surface area contributed by atoms with E-state index in [1.165, 1.54) is 18.2 Å². The van der Waals surface area contributed by atoms with Gasteiger partial charge in [0.05, 0.1) is 16.6 Å². The first kappa shape index (κ1) is 25.1. The Hall–Kier alpha value is -3.03. The number of anilines is 1. The Kier molecular flexibility index (Phi) is 7.38. The third kappa shape index (κ3) is 5.31. The Morgan fingerprint density at radius 2 is 1.71 bits per heavy atom. The standard InChI is InChI=1S/C27H29ClN2O4S/c1-3-27(4-2)18-24(23-15-8-9-16-25(23)34-27)29-26(31)19-30(21-12-10-11-20(28)17-21)35(32,33)22-13-6-5-7-14-22/h5-17,24H,3-4,18-19H2,1-2H3,(H,29,31)/t24-/m1/s1. The molecule has 1 heterocycles. The number of para-hydroxylation sites is 1. The zero-order valence-corrected chi connectivity index (χ0v) is 21.4. The Balaban J connectivity index is 1.65. The molecule has 0 spiro atoms. The van der Waals surface area contributed by atoms with E-state index < -0.39 is 21.5 Å². The number of amides is 1. The molecule has 0 unspecified atom stereocenters. The number of hydrogen-bond donors (Lipinski definition) is 1. The van der Waals surface area contributed by atoms with E-state index in [0.29, 0.717) is 17.1 Å². The van der Waals surface area contributed by atoms with Crippen LogP contribution < -0.4 is 14.4 Å². The van der Waals surface area contributed by atoms with Gasteiger partial charge in [0.1, 0.15) is 17.9 Å². The fourth-order valence-electron chi connectivity index (χ4n) is 4.47. The van der Waals surface area contributed by atoms with E-state index in [4.69, 9.17) is 16.3 Å². The van der Waals surface area contributed by atoms with Crippen LogP contribution in [0.25, 0.3) is 0 Å². The number of carbonyl (C=O) groups excluding carboxylic acids is 1. The molecule has 3 aromatic carbocycles. The predicted octanol–water partition coefficient (Wildman–Crippen LogP) is 5.73. The number of fused-ring (bicyclic) bond motifs is 1. The SMILES string of the molecule is CCC1(CC)C[C@@H](NC(=O)CN(c2cccc(Cl)c2)S(=O)(=O)c2ccccc2)c2ccccc2O1. The van der Waals surface area contributed by atoms with E-state index in [2.05, 4.69) is 19.2 Å². The molecule has 0 aliphatic carbocycles. The van der Waals surface area contributed by atoms with Crippen molar-refractivity contribution in [3.63, 3.8) is 0 Å². The van der Waals surface area contributed by atoms with Crippen LogP contribution in [-0.2, 0) is 14.8 Å². The number of carbonyl (C=O) groups is 1. The van der Waals surface area contributed by atoms with Gasteiger partial charge in [-0.15, -0.1) is 0 Å². The highest BCUT2D eigenvalue weighted by atomic mass is 35.5. The van der Waals surface area contributed by atoms with E-state index >= 15 is 0 Å². The molecule has 0 fully saturated rings. The monoisotopic (exact) mass is 512 g/mol. The Labute approximate surface area is 211 Å². The van der Waals surface area contributed by atoms with Crippen molar-refractivity contribution in [1.29, 1.82) is 0 Å². The van der Waals surface area contributed by atoms with Crippen LogP contribution in [0.5, 0.6) is 5.75 Å². The van der Waals surface area contributed by atoms with Crippen molar-refractivity contribution in [1.82, 2.24) is 5.32 Å². The lowest BCUT2D eigenvalue weighted by atomic mass is 9.83. The van der Waals surface area contributed by atoms with Gasteiger partial charge in [-0.3, -0.25) is 9.10 Å². The molecule has 0 saturated heterocycles. The first-order chi connectivity index (χ1) is 16.8. The van der Waals surface area contributed by atoms with Crippen molar-refractivity contribution in [3.05, 3.63) is 89.4 Å². The van der Waals surface area contributed by atoms with Gasteiger partial charge in [0.15, 0.2) is 0 Å². The van der Waals surface area contributed by atoms with Crippen molar-refractivity contribution in [3.8, 4) is 5.75 Å². The normalized spacial score (nSPS) is 16.6. The number of benzene rings is 3. The molecule has 4 rings (SSSR count). The van der Waals surface area contributed by atoms with E-state index in [-0.39, 0.29) is 17.5 Å². The second kappa shape index (κ2) is 10.3. The highest BCUT2D eigenvalue weighted by Gasteiger charge is 2.39. The summed E-state index contributed by atoms with van der Waals surface area (Å²) in [4.78, 5) is 13.5. The molecule has 0 aromatic heterocycles. The average Bonchev–Trinajstić information content (AvgIpc) is 2.87. The van der Waals surface area contributed by atoms with Crippen molar-refractivity contribution >= 4 is 33.2 Å². The number of sulfonamides is 1. The largest absolute Gasteiger partial charge is 0.487 e. The third-order valence-corrected chi connectivity index (χ3v) is 8.56. The van der Waals surface area contributed by atoms with Gasteiger partial charge < -0.3 is 10.1 Å². The van der Waals surface area contributed by atoms with Crippen LogP contribution in [0.2, 0.25) is 5.02 Å². The van der Waals surface area contributed by atoms with E-state index in [9.17, 15) is 13.2 Å². The van der Waals surface area contributed by atoms with Gasteiger partial charge in [0.2, 0.25) is 5.91 Å². The molecule has 0 bridgehead atoms. The first-order valence-corrected chi connectivity index (χ1v) is 13.5. The molecular weight excluding hydrogens is 484 g/mol. The lowest BCUT2D eigenvalue weighted by Gasteiger charge is -2.41. The lowest BCUT2D eigenvalue weighted by Crippen LogP contribution is -2.47. The molecule has 35 heavy (non-hydrogen) atoms. The lowest BCUT2D eigenvalue weighted by molar-refractivity contribution is -0.121. The molecule has 0 radical (unpaired) electrons. The van der Waals surface area contributed by atoms with Crippen LogP contribution >= 0.6 is 11.6 Å². The summed E-state index contributed by atoms with van der Waals surface area (Å²) in [5.74, 6) is 0.337. The minimum Gasteiger partial charge on any atom is -0.487 e. The topological polar surface area (TPSA) is 75.7 Å². The molecule has 1 N–H and O–H groups in total. The molecular formula is C27H29ClN2O4S. The summed E-state index contributed by atoms with van der Waals surface area (Å²) in [5.41, 5.74) is 0.814. The molecule has 0 saturated carbocycles. The van der Waals surface area contributed by atoms with Crippen LogP contribution in [0.4, 0.5) is 5.69 Å². The second-order valence-corrected chi connectivity index (χ2v) is 11.0. The zero-order valence-electron chi connectivity index (χ0n) is 19.8. The fourth-order valence-corrected chi connectivity index (χ4v) is 6.08. The van der Waals surface area contributed by atoms with Gasteiger partial charge in [-0.05, 0) is 49.2 Å². The summed E-state index contributed by atoms with van der Waals surface area (Å²) in [6.07, 6.45) is 2.19. The molecule has 8 heteroatoms. The zero-order chi connectivity index (χ0) is 25.1. The number of halogens is 1. The summed E-state index contributed by atoms with van der Waals surface area (Å²) in [5, 5.41) is 3.46. The van der Waals surface area contributed by atoms with Gasteiger partial charge in [0.25, 0.3) is 10.0 Å². The van der Waals surface area contributed by atoms with Crippen LogP contribution in [-0.4, -0.2) is 26.5 Å². The fraction of sp³-hybridized carbons (Fsp3) is 0.296. The van der Waals surface area contributed by atoms with Crippen LogP contribution in [0.1, 0.15) is 44.7 Å². The number of nitrogens with one attached hydrogen (secondary N) is 1. The van der Waals surface area contributed by atoms with Crippen LogP contribution in [0.15, 0.2) is 83.8 Å². The Bertz CT molecular complexity index is 1290. The van der Waals surface area contributed by atoms with E-state index in [1.54, 1.807) is 36.4 Å². The van der Waals surface area contributed by atoms with E-state index in [1.807, 2.05) is 24.3 Å². The number of ether oxygens (including phenoxy) is 1. The summed E-state index contributed by atoms with van der Waals surface area (Å²) < 4.78 is 34.5. The molecule has 3 aromatic rings. The van der Waals surface area contributed by atoms with Crippen molar-refractivity contribution in [2.75, 3.05) is 10.8 Å². The summed E-state index contributed by atoms with van der Waals surface area (Å²) in [6.45, 7) is 3.76. The number of hydrogen-bond acceptors (Lipinski definition) is 4. The van der Waals surface area contributed by atoms with Gasteiger partial charge in [-0.2, -0.15) is 0 Å². The minimum absolute atomic E-state index is 0.0974. The summed E-state index contributed by atoms with van der Waals surface area (Å²) in [6, 6.07) is 21.9. The highest BCUT2D eigenvalue weighted by molar-refractivity contribution is 7.92. The van der Waals surface area contributed by atoms with Gasteiger partial charge in [-0.25, -0.2) is 8.42 Å². The van der Waals surface area contributed by atoms with Gasteiger partial charge in [0, 0.05) is 17.0 Å². The molecule has 1 amide bonds. The van der Waals surface area contributed by atoms with Crippen LogP contribution in [0.3, 0.4) is 0 Å². The number of nitrogens with zero attached hydrogens (tertiary/aromatic N) is 1.